The van der Waals surface area contributed by atoms with E-state index in [1.165, 1.54) is 0 Å². The van der Waals surface area contributed by atoms with Gasteiger partial charge in [0.1, 0.15) is 0 Å². The average Bonchev–Trinajstić information content (AvgIpc) is 2.90. The Hall–Kier alpha value is -1.89. The van der Waals surface area contributed by atoms with Gasteiger partial charge < -0.3 is 10.6 Å². The molecule has 1 amide bonds. The van der Waals surface area contributed by atoms with Gasteiger partial charge in [0.2, 0.25) is 11.8 Å². The van der Waals surface area contributed by atoms with E-state index in [2.05, 4.69) is 31.1 Å². The SMILES string of the molecule is CCCN(C(=O)c1nc(N)n[nH]1)C(C)c1ccccc1Br. The second-order valence-electron chi connectivity index (χ2n) is 4.74. The van der Waals surface area contributed by atoms with E-state index >= 15 is 0 Å². The van der Waals surface area contributed by atoms with Crippen LogP contribution in [0.25, 0.3) is 0 Å². The maximum absolute atomic E-state index is 12.6. The number of nitrogens with two attached hydrogens (primary N) is 1. The Morgan fingerprint density at radius 1 is 1.48 bits per heavy atom. The van der Waals surface area contributed by atoms with Crippen LogP contribution in [0.15, 0.2) is 28.7 Å². The fraction of sp³-hybridized carbons (Fsp3) is 0.357. The zero-order valence-electron chi connectivity index (χ0n) is 12.0. The van der Waals surface area contributed by atoms with Crippen molar-refractivity contribution < 1.29 is 4.79 Å². The number of aromatic nitrogens is 3. The lowest BCUT2D eigenvalue weighted by Crippen LogP contribution is -2.35. The highest BCUT2D eigenvalue weighted by molar-refractivity contribution is 9.10. The summed E-state index contributed by atoms with van der Waals surface area (Å²) in [6.45, 7) is 4.65. The van der Waals surface area contributed by atoms with Crippen molar-refractivity contribution in [2.24, 2.45) is 0 Å². The molecule has 6 nitrogen and oxygen atoms in total. The predicted molar refractivity (Wildman–Crippen MR) is 84.7 cm³/mol. The zero-order chi connectivity index (χ0) is 15.4. The number of nitrogens with one attached hydrogen (secondary N) is 1. The van der Waals surface area contributed by atoms with Crippen molar-refractivity contribution in [2.75, 3.05) is 12.3 Å². The van der Waals surface area contributed by atoms with Gasteiger partial charge in [-0.2, -0.15) is 4.98 Å². The van der Waals surface area contributed by atoms with E-state index < -0.39 is 0 Å². The number of anilines is 1. The predicted octanol–water partition coefficient (Wildman–Crippen LogP) is 2.76. The number of hydrogen-bond acceptors (Lipinski definition) is 4. The van der Waals surface area contributed by atoms with Gasteiger partial charge in [0.05, 0.1) is 6.04 Å². The van der Waals surface area contributed by atoms with E-state index in [0.717, 1.165) is 16.5 Å². The van der Waals surface area contributed by atoms with Crippen LogP contribution in [0.3, 0.4) is 0 Å². The number of benzene rings is 1. The van der Waals surface area contributed by atoms with Gasteiger partial charge in [-0.3, -0.25) is 9.89 Å². The summed E-state index contributed by atoms with van der Waals surface area (Å²) in [6, 6.07) is 7.78. The van der Waals surface area contributed by atoms with Crippen molar-refractivity contribution in [3.05, 3.63) is 40.1 Å². The zero-order valence-corrected chi connectivity index (χ0v) is 13.6. The normalized spacial score (nSPS) is 12.1. The number of amides is 1. The number of halogens is 1. The van der Waals surface area contributed by atoms with Gasteiger partial charge in [0.15, 0.2) is 0 Å². The summed E-state index contributed by atoms with van der Waals surface area (Å²) < 4.78 is 0.975. The van der Waals surface area contributed by atoms with E-state index in [0.29, 0.717) is 6.54 Å². The third-order valence-electron chi connectivity index (χ3n) is 3.25. The molecular weight excluding hydrogens is 334 g/mol. The lowest BCUT2D eigenvalue weighted by Gasteiger charge is -2.29. The lowest BCUT2D eigenvalue weighted by atomic mass is 10.1. The molecule has 0 aliphatic carbocycles. The summed E-state index contributed by atoms with van der Waals surface area (Å²) in [5.41, 5.74) is 6.52. The van der Waals surface area contributed by atoms with Gasteiger partial charge in [-0.15, -0.1) is 5.10 Å². The van der Waals surface area contributed by atoms with E-state index in [1.54, 1.807) is 4.90 Å². The second kappa shape index (κ2) is 6.71. The molecule has 0 aliphatic rings. The van der Waals surface area contributed by atoms with Crippen LogP contribution in [-0.4, -0.2) is 32.5 Å². The Kier molecular flexibility index (Phi) is 4.95. The van der Waals surface area contributed by atoms with Crippen molar-refractivity contribution in [1.82, 2.24) is 20.1 Å². The molecule has 1 heterocycles. The average molecular weight is 352 g/mol. The standard InChI is InChI=1S/C14H18BrN5O/c1-3-8-20(13(21)12-17-14(16)19-18-12)9(2)10-6-4-5-7-11(10)15/h4-7,9H,3,8H2,1-2H3,(H3,16,17,18,19). The minimum absolute atomic E-state index is 0.0725. The van der Waals surface area contributed by atoms with Gasteiger partial charge in [-0.25, -0.2) is 0 Å². The molecule has 0 spiro atoms. The van der Waals surface area contributed by atoms with Crippen LogP contribution in [0.2, 0.25) is 0 Å². The summed E-state index contributed by atoms with van der Waals surface area (Å²) in [7, 11) is 0. The summed E-state index contributed by atoms with van der Waals surface area (Å²) in [5, 5.41) is 6.29. The van der Waals surface area contributed by atoms with Gasteiger partial charge in [-0.1, -0.05) is 41.1 Å². The monoisotopic (exact) mass is 351 g/mol. The van der Waals surface area contributed by atoms with Crippen LogP contribution in [0.4, 0.5) is 5.95 Å². The third kappa shape index (κ3) is 3.41. The number of nitrogen functional groups attached to an aromatic ring is 1. The van der Waals surface area contributed by atoms with Crippen molar-refractivity contribution in [3.63, 3.8) is 0 Å². The Balaban J connectivity index is 2.30. The number of carbonyl (C=O) groups is 1. The quantitative estimate of drug-likeness (QED) is 0.866. The Morgan fingerprint density at radius 3 is 2.76 bits per heavy atom. The molecule has 3 N–H and O–H groups in total. The van der Waals surface area contributed by atoms with Crippen molar-refractivity contribution in [2.45, 2.75) is 26.3 Å². The molecule has 21 heavy (non-hydrogen) atoms. The van der Waals surface area contributed by atoms with Gasteiger partial charge in [0, 0.05) is 11.0 Å². The van der Waals surface area contributed by atoms with Crippen LogP contribution >= 0.6 is 15.9 Å². The number of rotatable bonds is 5. The van der Waals surface area contributed by atoms with Crippen LogP contribution < -0.4 is 5.73 Å². The molecule has 0 radical (unpaired) electrons. The smallest absolute Gasteiger partial charge is 0.291 e. The Labute approximate surface area is 131 Å². The molecule has 0 bridgehead atoms. The fourth-order valence-corrected chi connectivity index (χ4v) is 2.82. The van der Waals surface area contributed by atoms with E-state index in [1.807, 2.05) is 38.1 Å². The molecule has 112 valence electrons. The fourth-order valence-electron chi connectivity index (χ4n) is 2.20. The van der Waals surface area contributed by atoms with E-state index in [-0.39, 0.29) is 23.7 Å². The summed E-state index contributed by atoms with van der Waals surface area (Å²) in [6.07, 6.45) is 0.851. The highest BCUT2D eigenvalue weighted by Gasteiger charge is 2.25. The van der Waals surface area contributed by atoms with Crippen molar-refractivity contribution >= 4 is 27.8 Å². The van der Waals surface area contributed by atoms with Crippen LogP contribution in [0.1, 0.15) is 42.5 Å². The number of carbonyl (C=O) groups excluding carboxylic acids is 1. The lowest BCUT2D eigenvalue weighted by molar-refractivity contribution is 0.0678. The first kappa shape index (κ1) is 15.5. The van der Waals surface area contributed by atoms with E-state index in [4.69, 9.17) is 5.73 Å². The first-order valence-electron chi connectivity index (χ1n) is 6.77. The van der Waals surface area contributed by atoms with Crippen molar-refractivity contribution in [3.8, 4) is 0 Å². The molecule has 2 aromatic rings. The molecule has 0 saturated heterocycles. The molecule has 0 saturated carbocycles. The molecular formula is C14H18BrN5O. The maximum Gasteiger partial charge on any atom is 0.291 e. The summed E-state index contributed by atoms with van der Waals surface area (Å²) in [5.74, 6) is 0.0347. The molecule has 1 atom stereocenters. The number of H-pyrrole nitrogens is 1. The summed E-state index contributed by atoms with van der Waals surface area (Å²) in [4.78, 5) is 18.3. The largest absolute Gasteiger partial charge is 0.366 e. The van der Waals surface area contributed by atoms with Crippen LogP contribution in [0.5, 0.6) is 0 Å². The van der Waals surface area contributed by atoms with Gasteiger partial charge >= 0.3 is 0 Å². The minimum Gasteiger partial charge on any atom is -0.366 e. The van der Waals surface area contributed by atoms with Crippen molar-refractivity contribution in [1.29, 1.82) is 0 Å². The van der Waals surface area contributed by atoms with Gasteiger partial charge in [-0.05, 0) is 25.0 Å². The Bertz CT molecular complexity index is 627. The molecule has 0 fully saturated rings. The number of hydrogen-bond donors (Lipinski definition) is 2. The highest BCUT2D eigenvalue weighted by Crippen LogP contribution is 2.28. The maximum atomic E-state index is 12.6. The molecule has 0 aliphatic heterocycles. The number of aromatic amines is 1. The Morgan fingerprint density at radius 2 is 2.19 bits per heavy atom. The topological polar surface area (TPSA) is 87.9 Å². The first-order valence-corrected chi connectivity index (χ1v) is 7.57. The second-order valence-corrected chi connectivity index (χ2v) is 5.59. The number of nitrogens with zero attached hydrogens (tertiary/aromatic N) is 3. The molecule has 7 heteroatoms. The molecule has 1 aromatic carbocycles. The molecule has 1 unspecified atom stereocenters. The van der Waals surface area contributed by atoms with E-state index in [9.17, 15) is 4.79 Å². The first-order chi connectivity index (χ1) is 10.0. The highest BCUT2D eigenvalue weighted by atomic mass is 79.9. The molecule has 2 rings (SSSR count). The third-order valence-corrected chi connectivity index (χ3v) is 3.98. The summed E-state index contributed by atoms with van der Waals surface area (Å²) >= 11 is 3.53. The van der Waals surface area contributed by atoms with Crippen LogP contribution in [-0.2, 0) is 0 Å². The minimum atomic E-state index is -0.204. The van der Waals surface area contributed by atoms with Gasteiger partial charge in [0.25, 0.3) is 5.91 Å². The van der Waals surface area contributed by atoms with Crippen LogP contribution in [0, 0.1) is 0 Å². The molecule has 1 aromatic heterocycles.